The summed E-state index contributed by atoms with van der Waals surface area (Å²) in [6.45, 7) is 8.06. The standard InChI is InChI=1S/C10H12/c1-7-5-8(2)10-4-3-9(7)6-10/h3-4,9-10H,1-2,5-6H2. The van der Waals surface area contributed by atoms with Gasteiger partial charge < -0.3 is 0 Å². The summed E-state index contributed by atoms with van der Waals surface area (Å²) in [5.41, 5.74) is 2.71. The molecule has 0 radical (unpaired) electrons. The minimum atomic E-state index is 0.676. The third kappa shape index (κ3) is 0.683. The number of allylic oxidation sites excluding steroid dienone is 4. The van der Waals surface area contributed by atoms with E-state index in [0.29, 0.717) is 11.8 Å². The van der Waals surface area contributed by atoms with Crippen molar-refractivity contribution in [2.75, 3.05) is 0 Å². The molecule has 0 amide bonds. The van der Waals surface area contributed by atoms with Gasteiger partial charge in [0.15, 0.2) is 0 Å². The van der Waals surface area contributed by atoms with E-state index in [1.807, 2.05) is 0 Å². The molecule has 2 aliphatic rings. The van der Waals surface area contributed by atoms with E-state index < -0.39 is 0 Å². The molecule has 2 rings (SSSR count). The van der Waals surface area contributed by atoms with Gasteiger partial charge in [0.05, 0.1) is 0 Å². The summed E-state index contributed by atoms with van der Waals surface area (Å²) in [5, 5.41) is 0. The summed E-state index contributed by atoms with van der Waals surface area (Å²) >= 11 is 0. The van der Waals surface area contributed by atoms with Gasteiger partial charge in [-0.15, -0.1) is 0 Å². The molecule has 1 fully saturated rings. The molecule has 0 heterocycles. The largest absolute Gasteiger partial charge is 0.0989 e. The Balaban J connectivity index is 2.32. The molecule has 0 aromatic heterocycles. The molecule has 0 nitrogen and oxygen atoms in total. The first-order valence-electron chi connectivity index (χ1n) is 3.81. The summed E-state index contributed by atoms with van der Waals surface area (Å²) in [6.07, 6.45) is 6.87. The highest BCUT2D eigenvalue weighted by Crippen LogP contribution is 2.41. The Hall–Kier alpha value is -0.780. The molecule has 0 aromatic carbocycles. The zero-order valence-electron chi connectivity index (χ0n) is 6.14. The highest BCUT2D eigenvalue weighted by molar-refractivity contribution is 5.31. The van der Waals surface area contributed by atoms with Crippen LogP contribution in [-0.2, 0) is 0 Å². The van der Waals surface area contributed by atoms with Gasteiger partial charge in [-0.2, -0.15) is 0 Å². The average molecular weight is 132 g/mol. The van der Waals surface area contributed by atoms with Gasteiger partial charge in [0.1, 0.15) is 0 Å². The first-order chi connectivity index (χ1) is 4.77. The SMILES string of the molecule is C=C1CC(=C)C2C=CC1C2. The zero-order valence-corrected chi connectivity index (χ0v) is 6.14. The van der Waals surface area contributed by atoms with Crippen LogP contribution in [0.4, 0.5) is 0 Å². The lowest BCUT2D eigenvalue weighted by molar-refractivity contribution is 0.561. The lowest BCUT2D eigenvalue weighted by atomic mass is 9.81. The third-order valence-corrected chi connectivity index (χ3v) is 2.59. The van der Waals surface area contributed by atoms with Crippen molar-refractivity contribution in [2.24, 2.45) is 11.8 Å². The van der Waals surface area contributed by atoms with E-state index in [1.54, 1.807) is 0 Å². The molecule has 10 heavy (non-hydrogen) atoms. The molecule has 0 N–H and O–H groups in total. The number of fused-ring (bicyclic) bond motifs is 2. The van der Waals surface area contributed by atoms with Crippen molar-refractivity contribution < 1.29 is 0 Å². The van der Waals surface area contributed by atoms with E-state index in [9.17, 15) is 0 Å². The molecule has 2 atom stereocenters. The van der Waals surface area contributed by atoms with E-state index in [-0.39, 0.29) is 0 Å². The topological polar surface area (TPSA) is 0 Å². The van der Waals surface area contributed by atoms with Crippen LogP contribution in [0.2, 0.25) is 0 Å². The number of hydrogen-bond donors (Lipinski definition) is 0. The minimum absolute atomic E-state index is 0.676. The molecule has 0 saturated heterocycles. The highest BCUT2D eigenvalue weighted by Gasteiger charge is 2.28. The van der Waals surface area contributed by atoms with Gasteiger partial charge in [-0.3, -0.25) is 0 Å². The monoisotopic (exact) mass is 132 g/mol. The molecule has 0 heteroatoms. The van der Waals surface area contributed by atoms with Gasteiger partial charge in [-0.1, -0.05) is 36.5 Å². The zero-order chi connectivity index (χ0) is 7.14. The molecule has 52 valence electrons. The van der Waals surface area contributed by atoms with E-state index in [0.717, 1.165) is 6.42 Å². The van der Waals surface area contributed by atoms with Gasteiger partial charge in [-0.05, 0) is 24.7 Å². The van der Waals surface area contributed by atoms with Gasteiger partial charge in [-0.25, -0.2) is 0 Å². The van der Waals surface area contributed by atoms with Crippen LogP contribution in [-0.4, -0.2) is 0 Å². The molecule has 2 unspecified atom stereocenters. The first-order valence-corrected chi connectivity index (χ1v) is 3.81. The minimum Gasteiger partial charge on any atom is -0.0989 e. The molecule has 0 aromatic rings. The Kier molecular flexibility index (Phi) is 1.10. The maximum Gasteiger partial charge on any atom is -0.00139 e. The smallest absolute Gasteiger partial charge is 0.00139 e. The normalized spacial score (nSPS) is 37.2. The van der Waals surface area contributed by atoms with Crippen molar-refractivity contribution in [1.29, 1.82) is 0 Å². The third-order valence-electron chi connectivity index (χ3n) is 2.59. The molecule has 2 aliphatic carbocycles. The molecule has 0 aliphatic heterocycles. The second kappa shape index (κ2) is 1.85. The van der Waals surface area contributed by atoms with Crippen LogP contribution < -0.4 is 0 Å². The fraction of sp³-hybridized carbons (Fsp3) is 0.400. The average Bonchev–Trinajstić information content (AvgIpc) is 2.28. The Morgan fingerprint density at radius 2 is 1.60 bits per heavy atom. The van der Waals surface area contributed by atoms with E-state index >= 15 is 0 Å². The van der Waals surface area contributed by atoms with Crippen LogP contribution in [0.25, 0.3) is 0 Å². The van der Waals surface area contributed by atoms with Crippen molar-refractivity contribution in [3.8, 4) is 0 Å². The van der Waals surface area contributed by atoms with Crippen LogP contribution in [0.15, 0.2) is 36.5 Å². The Morgan fingerprint density at radius 3 is 2.10 bits per heavy atom. The Labute approximate surface area is 61.9 Å². The van der Waals surface area contributed by atoms with Crippen LogP contribution in [0.3, 0.4) is 0 Å². The van der Waals surface area contributed by atoms with Crippen LogP contribution >= 0.6 is 0 Å². The quantitative estimate of drug-likeness (QED) is 0.444. The fourth-order valence-corrected chi connectivity index (χ4v) is 1.86. The maximum absolute atomic E-state index is 4.03. The van der Waals surface area contributed by atoms with Crippen molar-refractivity contribution in [3.63, 3.8) is 0 Å². The molecular weight excluding hydrogens is 120 g/mol. The summed E-state index contributed by atoms with van der Waals surface area (Å²) < 4.78 is 0. The predicted octanol–water partition coefficient (Wildman–Crippen LogP) is 2.69. The van der Waals surface area contributed by atoms with Crippen molar-refractivity contribution in [3.05, 3.63) is 36.5 Å². The fourth-order valence-electron chi connectivity index (χ4n) is 1.86. The first kappa shape index (κ1) is 5.96. The summed E-state index contributed by atoms with van der Waals surface area (Å²) in [6, 6.07) is 0. The Morgan fingerprint density at radius 1 is 1.10 bits per heavy atom. The molecule has 2 bridgehead atoms. The van der Waals surface area contributed by atoms with Crippen molar-refractivity contribution in [1.82, 2.24) is 0 Å². The van der Waals surface area contributed by atoms with Crippen molar-refractivity contribution in [2.45, 2.75) is 12.8 Å². The molecule has 1 saturated carbocycles. The van der Waals surface area contributed by atoms with E-state index in [2.05, 4.69) is 25.3 Å². The van der Waals surface area contributed by atoms with Crippen LogP contribution in [0, 0.1) is 11.8 Å². The van der Waals surface area contributed by atoms with Crippen LogP contribution in [0.1, 0.15) is 12.8 Å². The van der Waals surface area contributed by atoms with Gasteiger partial charge >= 0.3 is 0 Å². The molecule has 0 spiro atoms. The van der Waals surface area contributed by atoms with Crippen molar-refractivity contribution >= 4 is 0 Å². The summed E-state index contributed by atoms with van der Waals surface area (Å²) in [4.78, 5) is 0. The van der Waals surface area contributed by atoms with Gasteiger partial charge in [0.2, 0.25) is 0 Å². The van der Waals surface area contributed by atoms with E-state index in [4.69, 9.17) is 0 Å². The van der Waals surface area contributed by atoms with Gasteiger partial charge in [0.25, 0.3) is 0 Å². The Bertz CT molecular complexity index is 198. The predicted molar refractivity (Wildman–Crippen MR) is 43.6 cm³/mol. The maximum atomic E-state index is 4.03. The lowest BCUT2D eigenvalue weighted by Gasteiger charge is -2.23. The van der Waals surface area contributed by atoms with E-state index in [1.165, 1.54) is 17.6 Å². The second-order valence-electron chi connectivity index (χ2n) is 3.33. The molecular formula is C10H12. The van der Waals surface area contributed by atoms with Gasteiger partial charge in [0, 0.05) is 0 Å². The lowest BCUT2D eigenvalue weighted by Crippen LogP contribution is -2.10. The summed E-state index contributed by atoms with van der Waals surface area (Å²) in [5.74, 6) is 1.35. The number of hydrogen-bond acceptors (Lipinski definition) is 0. The van der Waals surface area contributed by atoms with Crippen LogP contribution in [0.5, 0.6) is 0 Å². The second-order valence-corrected chi connectivity index (χ2v) is 3.33. The highest BCUT2D eigenvalue weighted by atomic mass is 14.3. The number of rotatable bonds is 0. The summed E-state index contributed by atoms with van der Waals surface area (Å²) in [7, 11) is 0.